The highest BCUT2D eigenvalue weighted by Gasteiger charge is 2.21. The molecule has 1 fully saturated rings. The maximum Gasteiger partial charge on any atom is 0.137 e. The predicted molar refractivity (Wildman–Crippen MR) is 75.1 cm³/mol. The molecular weight excluding hydrogens is 238 g/mol. The molecule has 0 unspecified atom stereocenters. The Morgan fingerprint density at radius 1 is 1.37 bits per heavy atom. The van der Waals surface area contributed by atoms with E-state index in [1.807, 2.05) is 24.4 Å². The lowest BCUT2D eigenvalue weighted by atomic mass is 9.96. The van der Waals surface area contributed by atoms with Crippen LogP contribution in [0.4, 0.5) is 0 Å². The summed E-state index contributed by atoms with van der Waals surface area (Å²) in [4.78, 5) is 7.01. The van der Waals surface area contributed by atoms with Crippen molar-refractivity contribution in [2.45, 2.75) is 19.4 Å². The van der Waals surface area contributed by atoms with E-state index in [4.69, 9.17) is 11.1 Å². The lowest BCUT2D eigenvalue weighted by molar-refractivity contribution is 0.199. The summed E-state index contributed by atoms with van der Waals surface area (Å²) in [5.74, 6) is 0.615. The van der Waals surface area contributed by atoms with Gasteiger partial charge in [-0.25, -0.2) is 4.98 Å². The molecule has 1 saturated heterocycles. The van der Waals surface area contributed by atoms with Crippen molar-refractivity contribution in [1.29, 1.82) is 5.41 Å². The number of pyridine rings is 1. The summed E-state index contributed by atoms with van der Waals surface area (Å²) in [7, 11) is 0. The van der Waals surface area contributed by atoms with E-state index in [-0.39, 0.29) is 5.92 Å². The lowest BCUT2D eigenvalue weighted by Crippen LogP contribution is -2.37. The third kappa shape index (κ3) is 2.61. The van der Waals surface area contributed by atoms with Gasteiger partial charge in [0.15, 0.2) is 0 Å². The SMILES string of the molecule is N=C(N)C1CCN(Cc2cn3ccccc3n2)CC1. The molecule has 1 aliphatic rings. The van der Waals surface area contributed by atoms with Gasteiger partial charge in [0.05, 0.1) is 11.5 Å². The van der Waals surface area contributed by atoms with Gasteiger partial charge in [0.1, 0.15) is 5.65 Å². The molecule has 0 bridgehead atoms. The molecule has 3 rings (SSSR count). The van der Waals surface area contributed by atoms with Gasteiger partial charge >= 0.3 is 0 Å². The summed E-state index contributed by atoms with van der Waals surface area (Å²) >= 11 is 0. The van der Waals surface area contributed by atoms with Crippen LogP contribution in [-0.4, -0.2) is 33.2 Å². The van der Waals surface area contributed by atoms with Crippen LogP contribution >= 0.6 is 0 Å². The normalized spacial score (nSPS) is 17.9. The molecule has 3 heterocycles. The van der Waals surface area contributed by atoms with Crippen molar-refractivity contribution >= 4 is 11.5 Å². The Bertz CT molecular complexity index is 547. The smallest absolute Gasteiger partial charge is 0.137 e. The fourth-order valence-corrected chi connectivity index (χ4v) is 2.69. The number of rotatable bonds is 3. The molecule has 0 spiro atoms. The fourth-order valence-electron chi connectivity index (χ4n) is 2.69. The van der Waals surface area contributed by atoms with Crippen LogP contribution in [0.2, 0.25) is 0 Å². The molecule has 19 heavy (non-hydrogen) atoms. The zero-order valence-corrected chi connectivity index (χ0v) is 10.9. The third-order valence-corrected chi connectivity index (χ3v) is 3.83. The second-order valence-electron chi connectivity index (χ2n) is 5.20. The van der Waals surface area contributed by atoms with Gasteiger partial charge < -0.3 is 10.1 Å². The molecule has 0 aromatic carbocycles. The topological polar surface area (TPSA) is 70.4 Å². The van der Waals surface area contributed by atoms with E-state index >= 15 is 0 Å². The number of nitrogens with two attached hydrogens (primary N) is 1. The molecule has 2 aromatic heterocycles. The van der Waals surface area contributed by atoms with Crippen molar-refractivity contribution in [2.24, 2.45) is 11.7 Å². The number of likely N-dealkylation sites (tertiary alicyclic amines) is 1. The third-order valence-electron chi connectivity index (χ3n) is 3.83. The van der Waals surface area contributed by atoms with Crippen LogP contribution in [0.3, 0.4) is 0 Å². The first kappa shape index (κ1) is 12.2. The summed E-state index contributed by atoms with van der Waals surface area (Å²) in [6.07, 6.45) is 6.09. The first-order valence-electron chi connectivity index (χ1n) is 6.71. The van der Waals surface area contributed by atoms with Crippen LogP contribution in [0.25, 0.3) is 5.65 Å². The molecule has 0 atom stereocenters. The zero-order valence-electron chi connectivity index (χ0n) is 10.9. The van der Waals surface area contributed by atoms with E-state index in [0.717, 1.165) is 43.8 Å². The number of nitrogens with one attached hydrogen (secondary N) is 1. The number of hydrogen-bond donors (Lipinski definition) is 2. The summed E-state index contributed by atoms with van der Waals surface area (Å²) in [6.45, 7) is 2.88. The molecule has 5 nitrogen and oxygen atoms in total. The minimum atomic E-state index is 0.275. The molecular formula is C14H19N5. The summed E-state index contributed by atoms with van der Waals surface area (Å²) in [5.41, 5.74) is 7.67. The van der Waals surface area contributed by atoms with Gasteiger partial charge in [-0.05, 0) is 38.1 Å². The van der Waals surface area contributed by atoms with Gasteiger partial charge in [-0.1, -0.05) is 6.07 Å². The largest absolute Gasteiger partial charge is 0.387 e. The summed E-state index contributed by atoms with van der Waals surface area (Å²) < 4.78 is 2.05. The molecule has 100 valence electrons. The minimum absolute atomic E-state index is 0.275. The van der Waals surface area contributed by atoms with Gasteiger partial charge in [0, 0.05) is 24.9 Å². The van der Waals surface area contributed by atoms with Gasteiger partial charge in [0.2, 0.25) is 0 Å². The van der Waals surface area contributed by atoms with E-state index in [9.17, 15) is 0 Å². The number of imidazole rings is 1. The molecule has 2 aromatic rings. The predicted octanol–water partition coefficient (Wildman–Crippen LogP) is 1.48. The Morgan fingerprint density at radius 3 is 2.84 bits per heavy atom. The van der Waals surface area contributed by atoms with Gasteiger partial charge in [-0.15, -0.1) is 0 Å². The van der Waals surface area contributed by atoms with Crippen LogP contribution in [0.5, 0.6) is 0 Å². The molecule has 1 aliphatic heterocycles. The van der Waals surface area contributed by atoms with E-state index in [1.165, 1.54) is 0 Å². The first-order valence-corrected chi connectivity index (χ1v) is 6.71. The van der Waals surface area contributed by atoms with Gasteiger partial charge in [-0.3, -0.25) is 10.3 Å². The van der Waals surface area contributed by atoms with Crippen LogP contribution in [0, 0.1) is 11.3 Å². The Balaban J connectivity index is 1.64. The van der Waals surface area contributed by atoms with Crippen molar-refractivity contribution in [3.63, 3.8) is 0 Å². The maximum atomic E-state index is 7.49. The Hall–Kier alpha value is -1.88. The maximum absolute atomic E-state index is 7.49. The Kier molecular flexibility index (Phi) is 3.21. The number of aromatic nitrogens is 2. The number of amidine groups is 1. The van der Waals surface area contributed by atoms with Crippen molar-refractivity contribution in [3.8, 4) is 0 Å². The molecule has 0 amide bonds. The number of fused-ring (bicyclic) bond motifs is 1. The van der Waals surface area contributed by atoms with Crippen LogP contribution in [0.1, 0.15) is 18.5 Å². The van der Waals surface area contributed by atoms with E-state index in [1.54, 1.807) is 0 Å². The van der Waals surface area contributed by atoms with Crippen molar-refractivity contribution in [2.75, 3.05) is 13.1 Å². The van der Waals surface area contributed by atoms with E-state index in [2.05, 4.69) is 20.5 Å². The zero-order chi connectivity index (χ0) is 13.2. The molecule has 0 aliphatic carbocycles. The highest BCUT2D eigenvalue weighted by Crippen LogP contribution is 2.18. The second kappa shape index (κ2) is 5.01. The first-order chi connectivity index (χ1) is 9.22. The average molecular weight is 257 g/mol. The van der Waals surface area contributed by atoms with E-state index < -0.39 is 0 Å². The fraction of sp³-hybridized carbons (Fsp3) is 0.429. The molecule has 5 heteroatoms. The Morgan fingerprint density at radius 2 is 2.16 bits per heavy atom. The minimum Gasteiger partial charge on any atom is -0.387 e. The second-order valence-corrected chi connectivity index (χ2v) is 5.20. The van der Waals surface area contributed by atoms with Crippen LogP contribution < -0.4 is 5.73 Å². The van der Waals surface area contributed by atoms with Crippen LogP contribution in [0.15, 0.2) is 30.6 Å². The molecule has 0 radical (unpaired) electrons. The number of hydrogen-bond acceptors (Lipinski definition) is 3. The highest BCUT2D eigenvalue weighted by molar-refractivity contribution is 5.79. The molecule has 3 N–H and O–H groups in total. The van der Waals surface area contributed by atoms with Crippen molar-refractivity contribution in [1.82, 2.24) is 14.3 Å². The van der Waals surface area contributed by atoms with Crippen molar-refractivity contribution < 1.29 is 0 Å². The van der Waals surface area contributed by atoms with Gasteiger partial charge in [0.25, 0.3) is 0 Å². The number of piperidine rings is 1. The van der Waals surface area contributed by atoms with Crippen molar-refractivity contribution in [3.05, 3.63) is 36.3 Å². The monoisotopic (exact) mass is 257 g/mol. The van der Waals surface area contributed by atoms with Crippen LogP contribution in [-0.2, 0) is 6.54 Å². The lowest BCUT2D eigenvalue weighted by Gasteiger charge is -2.30. The van der Waals surface area contributed by atoms with E-state index in [0.29, 0.717) is 5.84 Å². The summed E-state index contributed by atoms with van der Waals surface area (Å²) in [6, 6.07) is 6.03. The quantitative estimate of drug-likeness (QED) is 0.646. The number of nitrogens with zero attached hydrogens (tertiary/aromatic N) is 3. The molecule has 0 saturated carbocycles. The standard InChI is InChI=1S/C14H19N5/c15-14(16)11-4-7-18(8-5-11)9-12-10-19-6-2-1-3-13(19)17-12/h1-3,6,10-11H,4-5,7-9H2,(H3,15,16). The average Bonchev–Trinajstić information content (AvgIpc) is 2.81. The van der Waals surface area contributed by atoms with Gasteiger partial charge in [-0.2, -0.15) is 0 Å². The Labute approximate surface area is 112 Å². The highest BCUT2D eigenvalue weighted by atomic mass is 15.1. The summed E-state index contributed by atoms with van der Waals surface area (Å²) in [5, 5.41) is 7.49.